The Bertz CT molecular complexity index is 467. The molecule has 1 heterocycles. The van der Waals surface area contributed by atoms with Gasteiger partial charge in [0.2, 0.25) is 0 Å². The number of hydrogen-bond acceptors (Lipinski definition) is 3. The Morgan fingerprint density at radius 1 is 1.53 bits per heavy atom. The number of piperidine rings is 1. The fraction of sp³-hybridized carbons (Fsp3) is 0.500. The highest BCUT2D eigenvalue weighted by Gasteiger charge is 2.20. The van der Waals surface area contributed by atoms with Crippen molar-refractivity contribution in [1.82, 2.24) is 4.90 Å². The van der Waals surface area contributed by atoms with Crippen molar-refractivity contribution < 1.29 is 4.74 Å². The quantitative estimate of drug-likeness (QED) is 0.853. The zero-order valence-electron chi connectivity index (χ0n) is 11.1. The summed E-state index contributed by atoms with van der Waals surface area (Å²) in [5.41, 5.74) is 6.53. The van der Waals surface area contributed by atoms with Gasteiger partial charge < -0.3 is 15.4 Å². The molecule has 1 atom stereocenters. The lowest BCUT2D eigenvalue weighted by Crippen LogP contribution is -2.40. The molecule has 5 heteroatoms. The van der Waals surface area contributed by atoms with Gasteiger partial charge in [-0.25, -0.2) is 0 Å². The molecule has 1 aromatic carbocycles. The number of ether oxygens (including phenoxy) is 1. The number of likely N-dealkylation sites (tertiary alicyclic amines) is 1. The Morgan fingerprint density at radius 3 is 3.00 bits per heavy atom. The van der Waals surface area contributed by atoms with Gasteiger partial charge in [-0.15, -0.1) is 0 Å². The number of likely N-dealkylation sites (N-methyl/N-ethyl adjacent to an activating group) is 1. The predicted molar refractivity (Wildman–Crippen MR) is 85.8 cm³/mol. The van der Waals surface area contributed by atoms with Crippen LogP contribution in [-0.4, -0.2) is 36.1 Å². The number of halogens is 1. The molecule has 0 bridgehead atoms. The molecule has 0 saturated carbocycles. The van der Waals surface area contributed by atoms with Gasteiger partial charge in [0.1, 0.15) is 17.3 Å². The van der Waals surface area contributed by atoms with Crippen molar-refractivity contribution in [3.63, 3.8) is 0 Å². The molecular formula is C14H19BrN2OS. The molecule has 3 nitrogen and oxygen atoms in total. The number of hydrogen-bond donors (Lipinski definition) is 1. The second-order valence-corrected chi connectivity index (χ2v) is 6.30. The largest absolute Gasteiger partial charge is 0.491 e. The van der Waals surface area contributed by atoms with Crippen LogP contribution in [0.15, 0.2) is 22.7 Å². The minimum Gasteiger partial charge on any atom is -0.491 e. The first kappa shape index (κ1) is 14.8. The average molecular weight is 343 g/mol. The van der Waals surface area contributed by atoms with Gasteiger partial charge in [0.05, 0.1) is 5.56 Å². The third-order valence-corrected chi connectivity index (χ3v) is 4.27. The van der Waals surface area contributed by atoms with Crippen molar-refractivity contribution >= 4 is 33.1 Å². The molecule has 0 spiro atoms. The number of rotatable bonds is 4. The molecule has 1 aliphatic rings. The van der Waals surface area contributed by atoms with Gasteiger partial charge in [-0.3, -0.25) is 0 Å². The summed E-state index contributed by atoms with van der Waals surface area (Å²) in [7, 11) is 2.16. The fourth-order valence-corrected chi connectivity index (χ4v) is 2.88. The zero-order chi connectivity index (χ0) is 13.8. The van der Waals surface area contributed by atoms with Crippen LogP contribution >= 0.6 is 28.1 Å². The monoisotopic (exact) mass is 342 g/mol. The van der Waals surface area contributed by atoms with Gasteiger partial charge in [0, 0.05) is 10.5 Å². The van der Waals surface area contributed by atoms with Crippen LogP contribution in [0.5, 0.6) is 5.75 Å². The zero-order valence-corrected chi connectivity index (χ0v) is 13.5. The van der Waals surface area contributed by atoms with Crippen LogP contribution in [-0.2, 0) is 0 Å². The first-order chi connectivity index (χ1) is 9.08. The van der Waals surface area contributed by atoms with Crippen LogP contribution in [0.1, 0.15) is 24.8 Å². The van der Waals surface area contributed by atoms with Crippen LogP contribution in [0.4, 0.5) is 0 Å². The summed E-state index contributed by atoms with van der Waals surface area (Å²) in [6.07, 6.45) is 3.75. The number of thiocarbonyl (C=S) groups is 1. The van der Waals surface area contributed by atoms with Gasteiger partial charge >= 0.3 is 0 Å². The summed E-state index contributed by atoms with van der Waals surface area (Å²) in [5.74, 6) is 0.773. The number of nitrogens with two attached hydrogens (primary N) is 1. The molecule has 0 amide bonds. The predicted octanol–water partition coefficient (Wildman–Crippen LogP) is 2.95. The molecule has 104 valence electrons. The lowest BCUT2D eigenvalue weighted by molar-refractivity contribution is 0.125. The molecule has 1 aromatic rings. The molecule has 1 unspecified atom stereocenters. The second kappa shape index (κ2) is 6.68. The highest BCUT2D eigenvalue weighted by atomic mass is 79.9. The Kier molecular flexibility index (Phi) is 5.19. The summed E-state index contributed by atoms with van der Waals surface area (Å²) in [6, 6.07) is 6.25. The van der Waals surface area contributed by atoms with Crippen LogP contribution in [0.25, 0.3) is 0 Å². The molecule has 1 fully saturated rings. The van der Waals surface area contributed by atoms with Crippen LogP contribution in [0.3, 0.4) is 0 Å². The number of benzene rings is 1. The second-order valence-electron chi connectivity index (χ2n) is 4.95. The van der Waals surface area contributed by atoms with E-state index in [4.69, 9.17) is 22.7 Å². The Hall–Kier alpha value is -0.650. The topological polar surface area (TPSA) is 38.5 Å². The van der Waals surface area contributed by atoms with E-state index in [1.54, 1.807) is 0 Å². The summed E-state index contributed by atoms with van der Waals surface area (Å²) in [5, 5.41) is 0. The van der Waals surface area contributed by atoms with E-state index >= 15 is 0 Å². The molecule has 19 heavy (non-hydrogen) atoms. The molecule has 1 aliphatic heterocycles. The smallest absolute Gasteiger partial charge is 0.129 e. The minimum absolute atomic E-state index is 0.369. The van der Waals surface area contributed by atoms with E-state index in [0.29, 0.717) is 17.6 Å². The molecule has 0 aromatic heterocycles. The Balaban J connectivity index is 2.04. The Morgan fingerprint density at radius 2 is 2.32 bits per heavy atom. The van der Waals surface area contributed by atoms with E-state index in [9.17, 15) is 0 Å². The van der Waals surface area contributed by atoms with Crippen LogP contribution in [0, 0.1) is 0 Å². The maximum absolute atomic E-state index is 5.93. The van der Waals surface area contributed by atoms with E-state index in [1.165, 1.54) is 19.3 Å². The van der Waals surface area contributed by atoms with Gasteiger partial charge in [-0.05, 0) is 44.6 Å². The first-order valence-corrected chi connectivity index (χ1v) is 7.70. The van der Waals surface area contributed by atoms with E-state index in [2.05, 4.69) is 27.9 Å². The molecule has 0 aliphatic carbocycles. The SMILES string of the molecule is CN1CCCCC1COc1ccc(Br)cc1C(N)=S. The highest BCUT2D eigenvalue weighted by molar-refractivity contribution is 9.10. The number of nitrogens with zero attached hydrogens (tertiary/aromatic N) is 1. The highest BCUT2D eigenvalue weighted by Crippen LogP contribution is 2.24. The molecule has 2 N–H and O–H groups in total. The van der Waals surface area contributed by atoms with Crippen molar-refractivity contribution in [2.75, 3.05) is 20.2 Å². The third kappa shape index (κ3) is 3.91. The maximum Gasteiger partial charge on any atom is 0.129 e. The maximum atomic E-state index is 5.93. The lowest BCUT2D eigenvalue weighted by atomic mass is 10.0. The van der Waals surface area contributed by atoms with E-state index in [0.717, 1.165) is 22.3 Å². The van der Waals surface area contributed by atoms with Gasteiger partial charge in [-0.2, -0.15) is 0 Å². The van der Waals surface area contributed by atoms with Crippen molar-refractivity contribution in [1.29, 1.82) is 0 Å². The van der Waals surface area contributed by atoms with Crippen LogP contribution in [0.2, 0.25) is 0 Å². The van der Waals surface area contributed by atoms with Crippen molar-refractivity contribution in [2.45, 2.75) is 25.3 Å². The summed E-state index contributed by atoms with van der Waals surface area (Å²) >= 11 is 8.49. The summed E-state index contributed by atoms with van der Waals surface area (Å²) < 4.78 is 6.89. The van der Waals surface area contributed by atoms with E-state index in [1.807, 2.05) is 18.2 Å². The van der Waals surface area contributed by atoms with Crippen molar-refractivity contribution in [2.24, 2.45) is 5.73 Å². The van der Waals surface area contributed by atoms with Gasteiger partial charge in [0.25, 0.3) is 0 Å². The molecular weight excluding hydrogens is 324 g/mol. The average Bonchev–Trinajstić information content (AvgIpc) is 2.38. The van der Waals surface area contributed by atoms with Crippen LogP contribution < -0.4 is 10.5 Å². The van der Waals surface area contributed by atoms with Gasteiger partial charge in [-0.1, -0.05) is 34.6 Å². The van der Waals surface area contributed by atoms with E-state index < -0.39 is 0 Å². The van der Waals surface area contributed by atoms with Crippen molar-refractivity contribution in [3.8, 4) is 5.75 Å². The third-order valence-electron chi connectivity index (χ3n) is 3.56. The molecule has 1 saturated heterocycles. The summed E-state index contributed by atoms with van der Waals surface area (Å²) in [6.45, 7) is 1.84. The minimum atomic E-state index is 0.369. The summed E-state index contributed by atoms with van der Waals surface area (Å²) in [4.78, 5) is 2.73. The fourth-order valence-electron chi connectivity index (χ4n) is 2.36. The van der Waals surface area contributed by atoms with E-state index in [-0.39, 0.29) is 0 Å². The molecule has 0 radical (unpaired) electrons. The lowest BCUT2D eigenvalue weighted by Gasteiger charge is -2.32. The standard InChI is InChI=1S/C14H19BrN2OS/c1-17-7-3-2-4-11(17)9-18-13-6-5-10(15)8-12(13)14(16)19/h5-6,8,11H,2-4,7,9H2,1H3,(H2,16,19). The Labute approximate surface area is 128 Å². The van der Waals surface area contributed by atoms with Gasteiger partial charge in [0.15, 0.2) is 0 Å². The first-order valence-electron chi connectivity index (χ1n) is 6.50. The molecule has 2 rings (SSSR count). The van der Waals surface area contributed by atoms with Crippen molar-refractivity contribution in [3.05, 3.63) is 28.2 Å². The normalized spacial score (nSPS) is 20.2.